The van der Waals surface area contributed by atoms with Gasteiger partial charge in [0.25, 0.3) is 0 Å². The van der Waals surface area contributed by atoms with E-state index >= 15 is 4.39 Å². The van der Waals surface area contributed by atoms with E-state index in [9.17, 15) is 23.6 Å². The Balaban J connectivity index is 1.57. The molecule has 1 N–H and O–H groups in total. The van der Waals surface area contributed by atoms with Crippen molar-refractivity contribution in [2.45, 2.75) is 38.6 Å². The molecule has 0 radical (unpaired) electrons. The lowest BCUT2D eigenvalue weighted by Crippen LogP contribution is -2.38. The number of carbonyl (C=O) groups is 2. The lowest BCUT2D eigenvalue weighted by atomic mass is 9.91. The molecule has 3 heterocycles. The van der Waals surface area contributed by atoms with Gasteiger partial charge in [0.1, 0.15) is 0 Å². The molecule has 2 amide bonds. The first-order valence-electron chi connectivity index (χ1n) is 12.8. The Morgan fingerprint density at radius 3 is 2.62 bits per heavy atom. The average Bonchev–Trinajstić information content (AvgIpc) is 2.94. The maximum Gasteiger partial charge on any atom is 0.247 e. The number of pyridine rings is 1. The van der Waals surface area contributed by atoms with E-state index in [1.54, 1.807) is 17.9 Å². The van der Waals surface area contributed by atoms with E-state index in [2.05, 4.69) is 10.3 Å². The molecule has 0 fully saturated rings. The van der Waals surface area contributed by atoms with E-state index in [-0.39, 0.29) is 46.3 Å². The summed E-state index contributed by atoms with van der Waals surface area (Å²) in [6, 6.07) is 9.53. The van der Waals surface area contributed by atoms with Gasteiger partial charge in [0, 0.05) is 35.9 Å². The predicted molar refractivity (Wildman–Crippen MR) is 144 cm³/mol. The van der Waals surface area contributed by atoms with E-state index in [0.29, 0.717) is 36.1 Å². The second kappa shape index (κ2) is 11.1. The maximum atomic E-state index is 15.1. The Bertz CT molecular complexity index is 1600. The topological polar surface area (TPSA) is 86.1 Å². The maximum absolute atomic E-state index is 15.1. The van der Waals surface area contributed by atoms with E-state index in [4.69, 9.17) is 11.6 Å². The van der Waals surface area contributed by atoms with Crippen LogP contribution in [0.5, 0.6) is 0 Å². The van der Waals surface area contributed by atoms with Crippen LogP contribution in [0.4, 0.5) is 18.9 Å². The second-order valence-electron chi connectivity index (χ2n) is 9.94. The molecule has 0 saturated carbocycles. The third kappa shape index (κ3) is 5.07. The Kier molecular flexibility index (Phi) is 7.63. The van der Waals surface area contributed by atoms with Crippen molar-refractivity contribution in [3.63, 3.8) is 0 Å². The van der Waals surface area contributed by atoms with Crippen molar-refractivity contribution in [1.29, 1.82) is 5.26 Å². The van der Waals surface area contributed by atoms with Gasteiger partial charge in [-0.15, -0.1) is 0 Å². The van der Waals surface area contributed by atoms with Crippen LogP contribution in [0.2, 0.25) is 5.02 Å². The molecule has 204 valence electrons. The average molecular weight is 565 g/mol. The zero-order valence-electron chi connectivity index (χ0n) is 21.5. The molecule has 10 heteroatoms. The van der Waals surface area contributed by atoms with Gasteiger partial charge in [0.15, 0.2) is 17.5 Å². The van der Waals surface area contributed by atoms with Gasteiger partial charge in [-0.2, -0.15) is 5.26 Å². The summed E-state index contributed by atoms with van der Waals surface area (Å²) in [5.74, 6) is -4.07. The molecule has 40 heavy (non-hydrogen) atoms. The molecule has 2 unspecified atom stereocenters. The molecule has 0 saturated heterocycles. The van der Waals surface area contributed by atoms with Crippen LogP contribution in [0.3, 0.4) is 0 Å². The highest BCUT2D eigenvalue weighted by Crippen LogP contribution is 2.38. The molecule has 2 atom stereocenters. The van der Waals surface area contributed by atoms with Gasteiger partial charge in [-0.25, -0.2) is 13.2 Å². The summed E-state index contributed by atoms with van der Waals surface area (Å²) in [5, 5.41) is 12.1. The van der Waals surface area contributed by atoms with Gasteiger partial charge in [-0.1, -0.05) is 24.9 Å². The second-order valence-corrected chi connectivity index (χ2v) is 10.3. The number of nitrogens with one attached hydrogen (secondary N) is 1. The van der Waals surface area contributed by atoms with E-state index in [0.717, 1.165) is 6.07 Å². The van der Waals surface area contributed by atoms with Gasteiger partial charge < -0.3 is 10.2 Å². The summed E-state index contributed by atoms with van der Waals surface area (Å²) in [5.41, 5.74) is 1.27. The smallest absolute Gasteiger partial charge is 0.247 e. The number of fused-ring (bicyclic) bond motifs is 4. The van der Waals surface area contributed by atoms with Crippen LogP contribution in [-0.2, 0) is 9.59 Å². The predicted octanol–water partition coefficient (Wildman–Crippen LogP) is 6.81. The minimum Gasteiger partial charge on any atom is -0.330 e. The molecule has 6 nitrogen and oxygen atoms in total. The number of nitrogens with zero attached hydrogens (tertiary/aromatic N) is 3. The lowest BCUT2D eigenvalue weighted by Gasteiger charge is -2.34. The third-order valence-electron chi connectivity index (χ3n) is 7.44. The largest absolute Gasteiger partial charge is 0.330 e. The van der Waals surface area contributed by atoms with E-state index < -0.39 is 35.3 Å². The number of amides is 2. The Hall–Kier alpha value is -4.16. The SMILES string of the molecule is CC1CCCC(N2CCC(c3c(C#N)ccc(Cl)c3F)=CC2=O)c2cc(ccn2)-c2c(ccc(F)c2F)NC1=O. The summed E-state index contributed by atoms with van der Waals surface area (Å²) < 4.78 is 44.3. The van der Waals surface area contributed by atoms with E-state index in [1.165, 1.54) is 36.5 Å². The fourth-order valence-corrected chi connectivity index (χ4v) is 5.47. The number of carbonyl (C=O) groups excluding carboxylic acids is 2. The normalized spacial score (nSPS) is 19.5. The molecule has 0 aliphatic carbocycles. The molecule has 0 spiro atoms. The van der Waals surface area contributed by atoms with Crippen molar-refractivity contribution in [2.24, 2.45) is 5.92 Å². The minimum atomic E-state index is -1.10. The Morgan fingerprint density at radius 1 is 1.07 bits per heavy atom. The van der Waals surface area contributed by atoms with E-state index in [1.807, 2.05) is 6.07 Å². The van der Waals surface area contributed by atoms with Crippen LogP contribution in [0.1, 0.15) is 55.5 Å². The van der Waals surface area contributed by atoms with Crippen molar-refractivity contribution < 1.29 is 22.8 Å². The number of anilines is 1. The van der Waals surface area contributed by atoms with Gasteiger partial charge in [0.2, 0.25) is 11.8 Å². The van der Waals surface area contributed by atoms with Gasteiger partial charge in [0.05, 0.1) is 34.1 Å². The number of halogens is 4. The highest BCUT2D eigenvalue weighted by atomic mass is 35.5. The molecule has 3 aromatic rings. The number of rotatable bonds is 2. The first-order valence-corrected chi connectivity index (χ1v) is 13.2. The monoisotopic (exact) mass is 564 g/mol. The zero-order chi connectivity index (χ0) is 28.6. The number of benzene rings is 2. The molecule has 2 aliphatic heterocycles. The Labute approximate surface area is 234 Å². The first kappa shape index (κ1) is 27.4. The van der Waals surface area contributed by atoms with Crippen molar-refractivity contribution >= 4 is 34.7 Å². The van der Waals surface area contributed by atoms with Crippen LogP contribution < -0.4 is 5.32 Å². The van der Waals surface area contributed by atoms with Crippen LogP contribution in [0, 0.1) is 34.7 Å². The van der Waals surface area contributed by atoms with Crippen molar-refractivity contribution in [3.8, 4) is 17.2 Å². The molecule has 2 aliphatic rings. The summed E-state index contributed by atoms with van der Waals surface area (Å²) in [6.45, 7) is 1.95. The van der Waals surface area contributed by atoms with Crippen molar-refractivity contribution in [2.75, 3.05) is 11.9 Å². The van der Waals surface area contributed by atoms with Gasteiger partial charge >= 0.3 is 0 Å². The first-order chi connectivity index (χ1) is 19.2. The fraction of sp³-hybridized carbons (Fsp3) is 0.267. The number of hydrogen-bond donors (Lipinski definition) is 1. The standard InChI is InChI=1S/C30H24ClF3N4O2/c1-16-3-2-4-24(38-12-10-18(14-25(38)39)26-19(15-35)5-6-20(31)28(26)33)23-13-17(9-11-36-23)27-22(37-30(16)40)8-7-21(32)29(27)34/h5-9,11,13-14,16,24H,2-4,10,12H2,1H3,(H,37,40). The summed E-state index contributed by atoms with van der Waals surface area (Å²) in [6.07, 6.45) is 4.55. The summed E-state index contributed by atoms with van der Waals surface area (Å²) >= 11 is 5.96. The lowest BCUT2D eigenvalue weighted by molar-refractivity contribution is -0.129. The molecule has 1 aromatic heterocycles. The Morgan fingerprint density at radius 2 is 1.88 bits per heavy atom. The molecular weight excluding hydrogens is 541 g/mol. The summed E-state index contributed by atoms with van der Waals surface area (Å²) in [4.78, 5) is 32.4. The zero-order valence-corrected chi connectivity index (χ0v) is 22.2. The quantitative estimate of drug-likeness (QED) is 0.371. The van der Waals surface area contributed by atoms with Crippen molar-refractivity contribution in [3.05, 3.63) is 88.0 Å². The number of aromatic nitrogens is 1. The van der Waals surface area contributed by atoms with Gasteiger partial charge in [-0.05, 0) is 66.8 Å². The molecule has 5 rings (SSSR count). The third-order valence-corrected chi connectivity index (χ3v) is 7.73. The molecular formula is C30H24ClF3N4O2. The van der Waals surface area contributed by atoms with Crippen LogP contribution >= 0.6 is 11.6 Å². The van der Waals surface area contributed by atoms with Gasteiger partial charge in [-0.3, -0.25) is 14.6 Å². The van der Waals surface area contributed by atoms with Crippen LogP contribution in [-0.4, -0.2) is 28.2 Å². The van der Waals surface area contributed by atoms with Crippen molar-refractivity contribution in [1.82, 2.24) is 9.88 Å². The minimum absolute atomic E-state index is 0.00996. The number of hydrogen-bond acceptors (Lipinski definition) is 4. The molecule has 2 aromatic carbocycles. The van der Waals surface area contributed by atoms with Crippen LogP contribution in [0.15, 0.2) is 48.7 Å². The number of nitriles is 1. The highest BCUT2D eigenvalue weighted by molar-refractivity contribution is 6.31. The molecule has 2 bridgehead atoms. The fourth-order valence-electron chi connectivity index (χ4n) is 5.31. The highest BCUT2D eigenvalue weighted by Gasteiger charge is 2.31. The van der Waals surface area contributed by atoms with Crippen LogP contribution in [0.25, 0.3) is 16.7 Å². The summed E-state index contributed by atoms with van der Waals surface area (Å²) in [7, 11) is 0.